The molecule has 0 aliphatic heterocycles. The van der Waals surface area contributed by atoms with Crippen molar-refractivity contribution in [3.8, 4) is 5.75 Å². The number of amides is 1. The molecule has 4 nitrogen and oxygen atoms in total. The van der Waals surface area contributed by atoms with Crippen LogP contribution < -0.4 is 10.1 Å². The standard InChI is InChI=1S/C12H15NO3/c1-8-4-5-10(9(2)14)11(6-8)16-7-12(15)13-3/h4-6H,7H2,1-3H3,(H,13,15). The zero-order valence-corrected chi connectivity index (χ0v) is 9.66. The highest BCUT2D eigenvalue weighted by molar-refractivity contribution is 5.97. The molecule has 4 heteroatoms. The van der Waals surface area contributed by atoms with E-state index in [0.717, 1.165) is 5.56 Å². The van der Waals surface area contributed by atoms with Crippen molar-refractivity contribution >= 4 is 11.7 Å². The predicted octanol–water partition coefficient (Wildman–Crippen LogP) is 1.32. The van der Waals surface area contributed by atoms with Gasteiger partial charge in [0.2, 0.25) is 0 Å². The second kappa shape index (κ2) is 5.30. The lowest BCUT2D eigenvalue weighted by Crippen LogP contribution is -2.25. The number of aryl methyl sites for hydroxylation is 1. The highest BCUT2D eigenvalue weighted by Gasteiger charge is 2.09. The number of Topliss-reactive ketones (excluding diaryl/α,β-unsaturated/α-hetero) is 1. The van der Waals surface area contributed by atoms with Gasteiger partial charge in [-0.2, -0.15) is 0 Å². The topological polar surface area (TPSA) is 55.4 Å². The Morgan fingerprint density at radius 1 is 1.38 bits per heavy atom. The molecule has 0 fully saturated rings. The van der Waals surface area contributed by atoms with Crippen LogP contribution in [0.3, 0.4) is 0 Å². The number of nitrogens with one attached hydrogen (secondary N) is 1. The van der Waals surface area contributed by atoms with Crippen molar-refractivity contribution < 1.29 is 14.3 Å². The van der Waals surface area contributed by atoms with E-state index in [0.29, 0.717) is 11.3 Å². The molecular formula is C12H15NO3. The molecule has 1 N–H and O–H groups in total. The van der Waals surface area contributed by atoms with Gasteiger partial charge < -0.3 is 10.1 Å². The van der Waals surface area contributed by atoms with Crippen molar-refractivity contribution in [2.75, 3.05) is 13.7 Å². The van der Waals surface area contributed by atoms with E-state index < -0.39 is 0 Å². The Morgan fingerprint density at radius 2 is 2.06 bits per heavy atom. The Kier molecular flexibility index (Phi) is 4.05. The first kappa shape index (κ1) is 12.2. The number of rotatable bonds is 4. The number of ether oxygens (including phenoxy) is 1. The molecule has 0 atom stereocenters. The van der Waals surface area contributed by atoms with Gasteiger partial charge in [0.1, 0.15) is 5.75 Å². The Balaban J connectivity index is 2.88. The number of carbonyl (C=O) groups excluding carboxylic acids is 2. The van der Waals surface area contributed by atoms with Gasteiger partial charge in [-0.3, -0.25) is 9.59 Å². The van der Waals surface area contributed by atoms with E-state index in [1.54, 1.807) is 12.1 Å². The molecule has 1 aromatic rings. The van der Waals surface area contributed by atoms with Gasteiger partial charge in [0.05, 0.1) is 5.56 Å². The number of hydrogen-bond donors (Lipinski definition) is 1. The Bertz CT molecular complexity index is 413. The molecule has 86 valence electrons. The van der Waals surface area contributed by atoms with Crippen molar-refractivity contribution in [3.63, 3.8) is 0 Å². The van der Waals surface area contributed by atoms with Crippen molar-refractivity contribution in [3.05, 3.63) is 29.3 Å². The molecule has 0 aliphatic rings. The summed E-state index contributed by atoms with van der Waals surface area (Å²) in [6.45, 7) is 3.29. The normalized spacial score (nSPS) is 9.69. The summed E-state index contributed by atoms with van der Waals surface area (Å²) < 4.78 is 5.30. The minimum Gasteiger partial charge on any atom is -0.483 e. The molecule has 0 bridgehead atoms. The Morgan fingerprint density at radius 3 is 2.62 bits per heavy atom. The van der Waals surface area contributed by atoms with Crippen molar-refractivity contribution in [2.24, 2.45) is 0 Å². The van der Waals surface area contributed by atoms with Gasteiger partial charge in [-0.15, -0.1) is 0 Å². The first-order valence-corrected chi connectivity index (χ1v) is 4.99. The number of carbonyl (C=O) groups is 2. The fourth-order valence-corrected chi connectivity index (χ4v) is 1.26. The molecular weight excluding hydrogens is 206 g/mol. The van der Waals surface area contributed by atoms with E-state index >= 15 is 0 Å². The number of ketones is 1. The average molecular weight is 221 g/mol. The van der Waals surface area contributed by atoms with Crippen molar-refractivity contribution in [1.82, 2.24) is 5.32 Å². The van der Waals surface area contributed by atoms with Crippen LogP contribution in [0, 0.1) is 6.92 Å². The van der Waals surface area contributed by atoms with Gasteiger partial charge in [0.25, 0.3) is 5.91 Å². The minimum absolute atomic E-state index is 0.0769. The molecule has 0 spiro atoms. The van der Waals surface area contributed by atoms with E-state index in [-0.39, 0.29) is 18.3 Å². The van der Waals surface area contributed by atoms with Crippen LogP contribution >= 0.6 is 0 Å². The van der Waals surface area contributed by atoms with Crippen LogP contribution in [0.25, 0.3) is 0 Å². The summed E-state index contributed by atoms with van der Waals surface area (Å²) in [4.78, 5) is 22.3. The predicted molar refractivity (Wildman–Crippen MR) is 60.7 cm³/mol. The number of hydrogen-bond acceptors (Lipinski definition) is 3. The fourth-order valence-electron chi connectivity index (χ4n) is 1.26. The minimum atomic E-state index is -0.226. The molecule has 0 radical (unpaired) electrons. The van der Waals surface area contributed by atoms with Gasteiger partial charge in [0.15, 0.2) is 12.4 Å². The Labute approximate surface area is 94.6 Å². The molecule has 1 aromatic carbocycles. The maximum atomic E-state index is 11.3. The maximum Gasteiger partial charge on any atom is 0.257 e. The summed E-state index contributed by atoms with van der Waals surface area (Å²) in [5, 5.41) is 2.45. The van der Waals surface area contributed by atoms with Crippen LogP contribution in [0.4, 0.5) is 0 Å². The highest BCUT2D eigenvalue weighted by atomic mass is 16.5. The van der Waals surface area contributed by atoms with Crippen LogP contribution in [0.5, 0.6) is 5.75 Å². The van der Waals surface area contributed by atoms with Gasteiger partial charge in [-0.25, -0.2) is 0 Å². The van der Waals surface area contributed by atoms with E-state index in [2.05, 4.69) is 5.32 Å². The summed E-state index contributed by atoms with van der Waals surface area (Å²) in [6, 6.07) is 5.29. The average Bonchev–Trinajstić information content (AvgIpc) is 2.25. The first-order chi connectivity index (χ1) is 7.54. The van der Waals surface area contributed by atoms with Crippen LogP contribution in [0.15, 0.2) is 18.2 Å². The summed E-state index contributed by atoms with van der Waals surface area (Å²) in [6.07, 6.45) is 0. The molecule has 1 amide bonds. The summed E-state index contributed by atoms with van der Waals surface area (Å²) in [5.74, 6) is 0.152. The lowest BCUT2D eigenvalue weighted by atomic mass is 10.1. The fraction of sp³-hybridized carbons (Fsp3) is 0.333. The third-order valence-corrected chi connectivity index (χ3v) is 2.15. The van der Waals surface area contributed by atoms with Gasteiger partial charge in [-0.05, 0) is 31.5 Å². The van der Waals surface area contributed by atoms with Crippen LogP contribution in [0.2, 0.25) is 0 Å². The monoisotopic (exact) mass is 221 g/mol. The van der Waals surface area contributed by atoms with Crippen LogP contribution in [-0.2, 0) is 4.79 Å². The zero-order valence-electron chi connectivity index (χ0n) is 9.66. The first-order valence-electron chi connectivity index (χ1n) is 4.99. The SMILES string of the molecule is CNC(=O)COc1cc(C)ccc1C(C)=O. The second-order valence-corrected chi connectivity index (χ2v) is 3.52. The molecule has 0 saturated heterocycles. The van der Waals surface area contributed by atoms with Crippen molar-refractivity contribution in [1.29, 1.82) is 0 Å². The largest absolute Gasteiger partial charge is 0.483 e. The van der Waals surface area contributed by atoms with Crippen molar-refractivity contribution in [2.45, 2.75) is 13.8 Å². The molecule has 0 aromatic heterocycles. The number of likely N-dealkylation sites (N-methyl/N-ethyl adjacent to an activating group) is 1. The quantitative estimate of drug-likeness (QED) is 0.780. The lowest BCUT2D eigenvalue weighted by molar-refractivity contribution is -0.122. The smallest absolute Gasteiger partial charge is 0.257 e. The molecule has 0 aliphatic carbocycles. The maximum absolute atomic E-state index is 11.3. The van der Waals surface area contributed by atoms with E-state index in [1.165, 1.54) is 14.0 Å². The third-order valence-electron chi connectivity index (χ3n) is 2.15. The molecule has 0 unspecified atom stereocenters. The molecule has 0 heterocycles. The third kappa shape index (κ3) is 3.08. The number of benzene rings is 1. The molecule has 0 saturated carbocycles. The van der Waals surface area contributed by atoms with Gasteiger partial charge in [0, 0.05) is 7.05 Å². The van der Waals surface area contributed by atoms with Crippen LogP contribution in [-0.4, -0.2) is 25.3 Å². The zero-order chi connectivity index (χ0) is 12.1. The van der Waals surface area contributed by atoms with Gasteiger partial charge in [-0.1, -0.05) is 6.07 Å². The van der Waals surface area contributed by atoms with E-state index in [1.807, 2.05) is 13.0 Å². The summed E-state index contributed by atoms with van der Waals surface area (Å²) >= 11 is 0. The summed E-state index contributed by atoms with van der Waals surface area (Å²) in [5.41, 5.74) is 1.48. The molecule has 1 rings (SSSR count). The summed E-state index contributed by atoms with van der Waals surface area (Å²) in [7, 11) is 1.54. The lowest BCUT2D eigenvalue weighted by Gasteiger charge is -2.09. The Hall–Kier alpha value is -1.84. The van der Waals surface area contributed by atoms with E-state index in [4.69, 9.17) is 4.74 Å². The highest BCUT2D eigenvalue weighted by Crippen LogP contribution is 2.20. The van der Waals surface area contributed by atoms with Crippen LogP contribution in [0.1, 0.15) is 22.8 Å². The second-order valence-electron chi connectivity index (χ2n) is 3.52. The van der Waals surface area contributed by atoms with E-state index in [9.17, 15) is 9.59 Å². The molecule has 16 heavy (non-hydrogen) atoms. The van der Waals surface area contributed by atoms with Gasteiger partial charge >= 0.3 is 0 Å².